The van der Waals surface area contributed by atoms with Gasteiger partial charge in [-0.1, -0.05) is 65.9 Å². The largest absolute Gasteiger partial charge is 0.490 e. The second-order valence-electron chi connectivity index (χ2n) is 7.79. The van der Waals surface area contributed by atoms with Crippen molar-refractivity contribution in [2.24, 2.45) is 0 Å². The quantitative estimate of drug-likeness (QED) is 0.262. The molecule has 0 bridgehead atoms. The molecule has 0 unspecified atom stereocenters. The van der Waals surface area contributed by atoms with Crippen LogP contribution in [0.5, 0.6) is 11.5 Å². The van der Waals surface area contributed by atoms with Crippen molar-refractivity contribution in [2.45, 2.75) is 13.8 Å². The number of anilines is 2. The van der Waals surface area contributed by atoms with Gasteiger partial charge < -0.3 is 14.8 Å². The molecule has 0 atom stereocenters. The lowest BCUT2D eigenvalue weighted by molar-refractivity contribution is -0.118. The van der Waals surface area contributed by atoms with Crippen LogP contribution in [0.15, 0.2) is 71.6 Å². The van der Waals surface area contributed by atoms with Gasteiger partial charge in [-0.25, -0.2) is 0 Å². The molecule has 1 fully saturated rings. The minimum atomic E-state index is -0.285. The third-order valence-electron chi connectivity index (χ3n) is 5.19. The van der Waals surface area contributed by atoms with Crippen molar-refractivity contribution in [3.05, 3.63) is 87.8 Å². The second-order valence-corrected chi connectivity index (χ2v) is 9.88. The summed E-state index contributed by atoms with van der Waals surface area (Å²) >= 11 is 12.9. The Morgan fingerprint density at radius 3 is 2.58 bits per heavy atom. The van der Waals surface area contributed by atoms with Crippen LogP contribution in [-0.4, -0.2) is 29.3 Å². The fraction of sp³-hybridized carbons (Fsp3) is 0.148. The Bertz CT molecular complexity index is 1340. The molecular weight excluding hydrogens is 516 g/mol. The fourth-order valence-electron chi connectivity index (χ4n) is 3.43. The number of aryl methyl sites for hydroxylation is 1. The van der Waals surface area contributed by atoms with Crippen LogP contribution in [0.1, 0.15) is 18.1 Å². The van der Waals surface area contributed by atoms with Gasteiger partial charge in [0.15, 0.2) is 22.4 Å². The number of rotatable bonds is 8. The molecule has 1 saturated heterocycles. The van der Waals surface area contributed by atoms with Crippen molar-refractivity contribution in [1.29, 1.82) is 0 Å². The Morgan fingerprint density at radius 2 is 1.86 bits per heavy atom. The van der Waals surface area contributed by atoms with E-state index in [9.17, 15) is 9.59 Å². The Balaban J connectivity index is 1.49. The minimum absolute atomic E-state index is 0.175. The topological polar surface area (TPSA) is 67.9 Å². The monoisotopic (exact) mass is 538 g/mol. The van der Waals surface area contributed by atoms with E-state index in [4.69, 9.17) is 33.3 Å². The van der Waals surface area contributed by atoms with Crippen LogP contribution in [0.3, 0.4) is 0 Å². The van der Waals surface area contributed by atoms with Gasteiger partial charge in [0.25, 0.3) is 11.8 Å². The predicted octanol–water partition coefficient (Wildman–Crippen LogP) is 6.47. The third kappa shape index (κ3) is 6.07. The molecule has 1 aliphatic heterocycles. The van der Waals surface area contributed by atoms with Crippen molar-refractivity contribution >= 4 is 69.2 Å². The average molecular weight is 539 g/mol. The first-order chi connectivity index (χ1) is 17.4. The molecule has 184 valence electrons. The molecule has 1 heterocycles. The summed E-state index contributed by atoms with van der Waals surface area (Å²) in [7, 11) is 0. The number of hydrogen-bond donors (Lipinski definition) is 1. The highest BCUT2D eigenvalue weighted by Crippen LogP contribution is 2.38. The summed E-state index contributed by atoms with van der Waals surface area (Å²) in [5, 5.41) is 3.35. The number of ether oxygens (including phenoxy) is 2. The van der Waals surface area contributed by atoms with E-state index in [-0.39, 0.29) is 18.4 Å². The molecule has 36 heavy (non-hydrogen) atoms. The standard InChI is InChI=1S/C27H23ClN2O4S2/c1-3-33-23-13-18(10-12-22(23)34-16-25(31)29-19-7-5-4-6-8-19)14-24-26(32)30(27(35)36-24)20-11-9-17(2)21(28)15-20/h4-15H,3,16H2,1-2H3,(H,29,31)/b24-14-. The van der Waals surface area contributed by atoms with Crippen LogP contribution in [0.25, 0.3) is 6.08 Å². The fourth-order valence-corrected chi connectivity index (χ4v) is 4.90. The summed E-state index contributed by atoms with van der Waals surface area (Å²) in [6.45, 7) is 3.99. The lowest BCUT2D eigenvalue weighted by Crippen LogP contribution is -2.27. The van der Waals surface area contributed by atoms with E-state index < -0.39 is 0 Å². The highest BCUT2D eigenvalue weighted by molar-refractivity contribution is 8.27. The zero-order valence-corrected chi connectivity index (χ0v) is 22.0. The number of hydrogen-bond acceptors (Lipinski definition) is 6. The maximum Gasteiger partial charge on any atom is 0.270 e. The summed E-state index contributed by atoms with van der Waals surface area (Å²) in [5.41, 5.74) is 2.98. The Morgan fingerprint density at radius 1 is 1.08 bits per heavy atom. The van der Waals surface area contributed by atoms with E-state index in [0.717, 1.165) is 11.1 Å². The number of halogens is 1. The summed E-state index contributed by atoms with van der Waals surface area (Å²) in [4.78, 5) is 27.3. The van der Waals surface area contributed by atoms with Crippen molar-refractivity contribution in [2.75, 3.05) is 23.4 Å². The van der Waals surface area contributed by atoms with Crippen LogP contribution in [-0.2, 0) is 9.59 Å². The molecule has 1 aliphatic rings. The van der Waals surface area contributed by atoms with Crippen molar-refractivity contribution in [1.82, 2.24) is 0 Å². The lowest BCUT2D eigenvalue weighted by atomic mass is 10.1. The molecule has 0 spiro atoms. The molecule has 0 aromatic heterocycles. The van der Waals surface area contributed by atoms with E-state index in [2.05, 4.69) is 5.32 Å². The lowest BCUT2D eigenvalue weighted by Gasteiger charge is -2.15. The number of nitrogens with zero attached hydrogens (tertiary/aromatic N) is 1. The van der Waals surface area contributed by atoms with Gasteiger partial charge in [-0.3, -0.25) is 14.5 Å². The van der Waals surface area contributed by atoms with Gasteiger partial charge in [0.1, 0.15) is 0 Å². The van der Waals surface area contributed by atoms with Crippen LogP contribution >= 0.6 is 35.6 Å². The molecule has 9 heteroatoms. The number of thiocarbonyl (C=S) groups is 1. The normalized spacial score (nSPS) is 14.3. The molecule has 3 aromatic carbocycles. The molecule has 6 nitrogen and oxygen atoms in total. The zero-order valence-electron chi connectivity index (χ0n) is 19.6. The molecular formula is C27H23ClN2O4S2. The van der Waals surface area contributed by atoms with Crippen LogP contribution in [0, 0.1) is 6.92 Å². The molecule has 0 saturated carbocycles. The van der Waals surface area contributed by atoms with E-state index >= 15 is 0 Å². The maximum atomic E-state index is 13.1. The van der Waals surface area contributed by atoms with E-state index in [0.29, 0.717) is 43.7 Å². The van der Waals surface area contributed by atoms with Gasteiger partial charge in [0.05, 0.1) is 17.2 Å². The third-order valence-corrected chi connectivity index (χ3v) is 6.90. The van der Waals surface area contributed by atoms with E-state index in [1.807, 2.05) is 44.2 Å². The van der Waals surface area contributed by atoms with E-state index in [1.165, 1.54) is 16.7 Å². The van der Waals surface area contributed by atoms with Gasteiger partial charge in [-0.15, -0.1) is 0 Å². The summed E-state index contributed by atoms with van der Waals surface area (Å²) in [6, 6.07) is 19.8. The number of amides is 2. The van der Waals surface area contributed by atoms with E-state index in [1.54, 1.807) is 42.5 Å². The van der Waals surface area contributed by atoms with Crippen molar-refractivity contribution in [3.8, 4) is 11.5 Å². The molecule has 1 N–H and O–H groups in total. The van der Waals surface area contributed by atoms with Crippen LogP contribution in [0.2, 0.25) is 5.02 Å². The SMILES string of the molecule is CCOc1cc(/C=C2\SC(=S)N(c3ccc(C)c(Cl)c3)C2=O)ccc1OCC(=O)Nc1ccccc1. The molecule has 4 rings (SSSR count). The first kappa shape index (κ1) is 25.8. The number of carbonyl (C=O) groups is 2. The molecule has 0 radical (unpaired) electrons. The van der Waals surface area contributed by atoms with Crippen LogP contribution in [0.4, 0.5) is 11.4 Å². The van der Waals surface area contributed by atoms with Crippen molar-refractivity contribution in [3.63, 3.8) is 0 Å². The smallest absolute Gasteiger partial charge is 0.270 e. The zero-order chi connectivity index (χ0) is 25.7. The Kier molecular flexibility index (Phi) is 8.30. The molecule has 0 aliphatic carbocycles. The van der Waals surface area contributed by atoms with Gasteiger partial charge in [-0.05, 0) is 67.4 Å². The highest BCUT2D eigenvalue weighted by atomic mass is 35.5. The second kappa shape index (κ2) is 11.6. The number of thioether (sulfide) groups is 1. The maximum absolute atomic E-state index is 13.1. The number of nitrogens with one attached hydrogen (secondary N) is 1. The first-order valence-electron chi connectivity index (χ1n) is 11.1. The summed E-state index contributed by atoms with van der Waals surface area (Å²) < 4.78 is 11.9. The number of carbonyl (C=O) groups excluding carboxylic acids is 2. The van der Waals surface area contributed by atoms with Gasteiger partial charge >= 0.3 is 0 Å². The first-order valence-corrected chi connectivity index (χ1v) is 12.7. The highest BCUT2D eigenvalue weighted by Gasteiger charge is 2.33. The summed E-state index contributed by atoms with van der Waals surface area (Å²) in [5.74, 6) is 0.395. The predicted molar refractivity (Wildman–Crippen MR) is 150 cm³/mol. The van der Waals surface area contributed by atoms with Gasteiger partial charge in [-0.2, -0.15) is 0 Å². The average Bonchev–Trinajstić information content (AvgIpc) is 3.13. The number of para-hydroxylation sites is 1. The van der Waals surface area contributed by atoms with Gasteiger partial charge in [0.2, 0.25) is 0 Å². The van der Waals surface area contributed by atoms with Crippen molar-refractivity contribution < 1.29 is 19.1 Å². The molecule has 3 aromatic rings. The van der Waals surface area contributed by atoms with Crippen LogP contribution < -0.4 is 19.7 Å². The summed E-state index contributed by atoms with van der Waals surface area (Å²) in [6.07, 6.45) is 1.75. The Hall–Kier alpha value is -3.33. The minimum Gasteiger partial charge on any atom is -0.490 e. The Labute approximate surface area is 224 Å². The number of benzene rings is 3. The molecule has 2 amide bonds. The van der Waals surface area contributed by atoms with Gasteiger partial charge in [0, 0.05) is 10.7 Å².